The zero-order valence-corrected chi connectivity index (χ0v) is 20.3. The van der Waals surface area contributed by atoms with Crippen LogP contribution in [0.5, 0.6) is 5.75 Å². The molecule has 2 aliphatic heterocycles. The van der Waals surface area contributed by atoms with E-state index in [-0.39, 0.29) is 28.1 Å². The van der Waals surface area contributed by atoms with Crippen molar-refractivity contribution in [3.63, 3.8) is 0 Å². The summed E-state index contributed by atoms with van der Waals surface area (Å²) in [5, 5.41) is 11.6. The van der Waals surface area contributed by atoms with Crippen LogP contribution in [0.4, 0.5) is 9.52 Å². The molecule has 1 aromatic heterocycles. The van der Waals surface area contributed by atoms with E-state index in [1.807, 2.05) is 32.0 Å². The summed E-state index contributed by atoms with van der Waals surface area (Å²) in [7, 11) is 0. The Labute approximate surface area is 210 Å². The van der Waals surface area contributed by atoms with E-state index in [9.17, 15) is 14.7 Å². The Morgan fingerprint density at radius 2 is 1.94 bits per heavy atom. The van der Waals surface area contributed by atoms with E-state index < -0.39 is 23.5 Å². The highest BCUT2D eigenvalue weighted by Crippen LogP contribution is 2.45. The molecule has 0 saturated carbocycles. The van der Waals surface area contributed by atoms with Crippen LogP contribution in [0.15, 0.2) is 66.2 Å². The number of aliphatic hydroxyl groups is 1. The SMILES string of the molecule is Cc1ccc2nc(N3C(=O)C(=O)/C(=C(/O)c4ccc5c(c4)CC(C)O5)C3c3ccccc3F)sc2c1. The van der Waals surface area contributed by atoms with Gasteiger partial charge in [0, 0.05) is 17.5 Å². The molecule has 3 heterocycles. The number of carbonyl (C=O) groups excluding carboxylic acids is 2. The largest absolute Gasteiger partial charge is 0.507 e. The normalized spacial score (nSPS) is 20.7. The van der Waals surface area contributed by atoms with Gasteiger partial charge in [0.25, 0.3) is 5.78 Å². The fourth-order valence-electron chi connectivity index (χ4n) is 4.87. The van der Waals surface area contributed by atoms with Gasteiger partial charge in [-0.1, -0.05) is 35.6 Å². The number of aliphatic hydroxyl groups excluding tert-OH is 1. The molecule has 2 atom stereocenters. The Bertz CT molecular complexity index is 1610. The van der Waals surface area contributed by atoms with Crippen molar-refractivity contribution in [2.45, 2.75) is 32.4 Å². The topological polar surface area (TPSA) is 79.7 Å². The molecule has 0 aliphatic carbocycles. The van der Waals surface area contributed by atoms with E-state index in [2.05, 4.69) is 4.98 Å². The highest BCUT2D eigenvalue weighted by atomic mass is 32.1. The Hall–Kier alpha value is -4.04. The van der Waals surface area contributed by atoms with Crippen LogP contribution in [-0.4, -0.2) is 27.9 Å². The number of rotatable bonds is 3. The molecule has 180 valence electrons. The van der Waals surface area contributed by atoms with Crippen molar-refractivity contribution in [3.05, 3.63) is 94.3 Å². The molecule has 1 amide bonds. The van der Waals surface area contributed by atoms with Crippen LogP contribution >= 0.6 is 11.3 Å². The molecule has 6 rings (SSSR count). The minimum atomic E-state index is -1.17. The average Bonchev–Trinajstić information content (AvgIpc) is 3.51. The van der Waals surface area contributed by atoms with Gasteiger partial charge in [-0.3, -0.25) is 14.5 Å². The van der Waals surface area contributed by atoms with E-state index in [0.717, 1.165) is 21.6 Å². The molecule has 6 nitrogen and oxygen atoms in total. The third-order valence-electron chi connectivity index (χ3n) is 6.55. The second-order valence-electron chi connectivity index (χ2n) is 9.11. The van der Waals surface area contributed by atoms with Gasteiger partial charge in [0.05, 0.1) is 15.8 Å². The number of fused-ring (bicyclic) bond motifs is 2. The van der Waals surface area contributed by atoms with Gasteiger partial charge < -0.3 is 9.84 Å². The number of carbonyl (C=O) groups is 2. The minimum absolute atomic E-state index is 0.00376. The summed E-state index contributed by atoms with van der Waals surface area (Å²) in [4.78, 5) is 32.5. The molecular formula is C28H21FN2O4S. The summed E-state index contributed by atoms with van der Waals surface area (Å²) >= 11 is 1.24. The lowest BCUT2D eigenvalue weighted by Gasteiger charge is -2.23. The van der Waals surface area contributed by atoms with Crippen LogP contribution in [0.25, 0.3) is 16.0 Å². The Morgan fingerprint density at radius 1 is 1.14 bits per heavy atom. The summed E-state index contributed by atoms with van der Waals surface area (Å²) in [6, 6.07) is 15.6. The van der Waals surface area contributed by atoms with Crippen LogP contribution in [0, 0.1) is 12.7 Å². The number of hydrogen-bond donors (Lipinski definition) is 1. The van der Waals surface area contributed by atoms with Crippen molar-refractivity contribution >= 4 is 44.1 Å². The fraction of sp³-hybridized carbons (Fsp3) is 0.179. The lowest BCUT2D eigenvalue weighted by molar-refractivity contribution is -0.132. The number of benzene rings is 3. The average molecular weight is 501 g/mol. The number of aromatic nitrogens is 1. The van der Waals surface area contributed by atoms with Crippen LogP contribution in [-0.2, 0) is 16.0 Å². The van der Waals surface area contributed by atoms with Crippen molar-refractivity contribution in [3.8, 4) is 5.75 Å². The number of anilines is 1. The maximum absolute atomic E-state index is 15.1. The number of Topliss-reactive ketones (excluding diaryl/α,β-unsaturated/α-hetero) is 1. The number of halogens is 1. The molecular weight excluding hydrogens is 479 g/mol. The van der Waals surface area contributed by atoms with E-state index >= 15 is 4.39 Å². The number of thiazole rings is 1. The standard InChI is InChI=1S/C28H21FN2O4S/c1-14-7-9-20-22(11-14)36-28(30-20)31-24(18-5-3-4-6-19(18)29)23(26(33)27(31)34)25(32)16-8-10-21-17(13-16)12-15(2)35-21/h3-11,13,15,24,32H,12H2,1-2H3/b25-23+. The van der Waals surface area contributed by atoms with Gasteiger partial charge in [0.1, 0.15) is 29.5 Å². The lowest BCUT2D eigenvalue weighted by Crippen LogP contribution is -2.29. The van der Waals surface area contributed by atoms with E-state index in [4.69, 9.17) is 4.74 Å². The summed E-state index contributed by atoms with van der Waals surface area (Å²) in [5.74, 6) is -1.98. The number of ether oxygens (including phenoxy) is 1. The zero-order valence-electron chi connectivity index (χ0n) is 19.5. The predicted molar refractivity (Wildman–Crippen MR) is 136 cm³/mol. The van der Waals surface area contributed by atoms with Gasteiger partial charge in [-0.15, -0.1) is 0 Å². The molecule has 8 heteroatoms. The van der Waals surface area contributed by atoms with Crippen molar-refractivity contribution < 1.29 is 23.8 Å². The minimum Gasteiger partial charge on any atom is -0.507 e. The number of hydrogen-bond acceptors (Lipinski definition) is 6. The number of nitrogens with zero attached hydrogens (tertiary/aromatic N) is 2. The maximum atomic E-state index is 15.1. The van der Waals surface area contributed by atoms with Crippen molar-refractivity contribution in [1.82, 2.24) is 4.98 Å². The molecule has 2 aliphatic rings. The molecule has 4 aromatic rings. The van der Waals surface area contributed by atoms with Gasteiger partial charge in [0.2, 0.25) is 0 Å². The van der Waals surface area contributed by atoms with Crippen molar-refractivity contribution in [2.24, 2.45) is 0 Å². The molecule has 0 bridgehead atoms. The van der Waals surface area contributed by atoms with Gasteiger partial charge in [-0.05, 0) is 61.4 Å². The summed E-state index contributed by atoms with van der Waals surface area (Å²) in [6.07, 6.45) is 0.663. The Kier molecular flexibility index (Phi) is 5.15. The van der Waals surface area contributed by atoms with E-state index in [1.54, 1.807) is 24.3 Å². The molecule has 1 N–H and O–H groups in total. The number of amides is 1. The number of aryl methyl sites for hydroxylation is 1. The monoisotopic (exact) mass is 500 g/mol. The Morgan fingerprint density at radius 3 is 2.75 bits per heavy atom. The van der Waals surface area contributed by atoms with E-state index in [0.29, 0.717) is 17.5 Å². The first-order valence-corrected chi connectivity index (χ1v) is 12.4. The first-order chi connectivity index (χ1) is 17.3. The highest BCUT2D eigenvalue weighted by molar-refractivity contribution is 7.22. The third-order valence-corrected chi connectivity index (χ3v) is 7.57. The molecule has 2 unspecified atom stereocenters. The fourth-order valence-corrected chi connectivity index (χ4v) is 5.96. The third kappa shape index (κ3) is 3.48. The molecule has 0 radical (unpaired) electrons. The highest BCUT2D eigenvalue weighted by Gasteiger charge is 2.49. The molecule has 36 heavy (non-hydrogen) atoms. The van der Waals surface area contributed by atoms with Crippen LogP contribution in [0.2, 0.25) is 0 Å². The van der Waals surface area contributed by atoms with Crippen molar-refractivity contribution in [2.75, 3.05) is 4.90 Å². The molecule has 0 spiro atoms. The first-order valence-electron chi connectivity index (χ1n) is 11.5. The van der Waals surface area contributed by atoms with Crippen LogP contribution in [0.3, 0.4) is 0 Å². The zero-order chi connectivity index (χ0) is 25.1. The van der Waals surface area contributed by atoms with Crippen LogP contribution in [0.1, 0.15) is 35.2 Å². The maximum Gasteiger partial charge on any atom is 0.301 e. The second kappa shape index (κ2) is 8.27. The lowest BCUT2D eigenvalue weighted by atomic mass is 9.94. The van der Waals surface area contributed by atoms with Crippen molar-refractivity contribution in [1.29, 1.82) is 0 Å². The van der Waals surface area contributed by atoms with Gasteiger partial charge in [-0.25, -0.2) is 9.37 Å². The van der Waals surface area contributed by atoms with E-state index in [1.165, 1.54) is 34.4 Å². The summed E-state index contributed by atoms with van der Waals surface area (Å²) in [5.41, 5.74) is 2.89. The van der Waals surface area contributed by atoms with Crippen LogP contribution < -0.4 is 9.64 Å². The summed E-state index contributed by atoms with van der Waals surface area (Å²) < 4.78 is 21.7. The first kappa shape index (κ1) is 22.4. The number of ketones is 1. The second-order valence-corrected chi connectivity index (χ2v) is 10.1. The Balaban J connectivity index is 1.55. The van der Waals surface area contributed by atoms with Gasteiger partial charge in [0.15, 0.2) is 5.13 Å². The van der Waals surface area contributed by atoms with Gasteiger partial charge >= 0.3 is 5.91 Å². The smallest absolute Gasteiger partial charge is 0.301 e. The predicted octanol–water partition coefficient (Wildman–Crippen LogP) is 5.69. The molecule has 1 fully saturated rings. The summed E-state index contributed by atoms with van der Waals surface area (Å²) in [6.45, 7) is 3.90. The van der Waals surface area contributed by atoms with Gasteiger partial charge in [-0.2, -0.15) is 0 Å². The molecule has 1 saturated heterocycles. The molecule has 3 aromatic carbocycles. The quantitative estimate of drug-likeness (QED) is 0.222.